The average Bonchev–Trinajstić information content (AvgIpc) is 3.13. The zero-order valence-electron chi connectivity index (χ0n) is 16.2. The molecule has 0 aromatic carbocycles. The normalized spacial score (nSPS) is 15.1. The fraction of sp³-hybridized carbons (Fsp3) is 0.389. The highest BCUT2D eigenvalue weighted by molar-refractivity contribution is 14.2. The summed E-state index contributed by atoms with van der Waals surface area (Å²) in [5.41, 5.74) is 5.12. The van der Waals surface area contributed by atoms with Crippen LogP contribution in [-0.4, -0.2) is 48.8 Å². The van der Waals surface area contributed by atoms with Crippen LogP contribution in [0.2, 0.25) is 0 Å². The van der Waals surface area contributed by atoms with Crippen LogP contribution in [0.25, 0.3) is 0 Å². The zero-order valence-corrected chi connectivity index (χ0v) is 20.1. The number of halogens is 2. The molecule has 0 fully saturated rings. The van der Waals surface area contributed by atoms with Crippen LogP contribution in [0.4, 0.5) is 0 Å². The smallest absolute Gasteiger partial charge is 0.233 e. The Bertz CT molecular complexity index is 929. The lowest BCUT2D eigenvalue weighted by Gasteiger charge is -2.29. The molecule has 154 valence electrons. The van der Waals surface area contributed by atoms with E-state index in [4.69, 9.17) is 11.6 Å². The first-order chi connectivity index (χ1) is 14.1. The van der Waals surface area contributed by atoms with Crippen molar-refractivity contribution in [1.82, 2.24) is 29.7 Å². The molecule has 1 unspecified atom stereocenters. The number of carbonyl (C=O) groups excluding carboxylic acids is 1. The first-order valence-corrected chi connectivity index (χ1v) is 13.6. The van der Waals surface area contributed by atoms with E-state index in [1.54, 1.807) is 6.21 Å². The predicted octanol–water partition coefficient (Wildman–Crippen LogP) is 3.50. The van der Waals surface area contributed by atoms with Gasteiger partial charge in [0.05, 0.1) is 37.1 Å². The lowest BCUT2D eigenvalue weighted by molar-refractivity contribution is -0.113. The molecule has 29 heavy (non-hydrogen) atoms. The van der Waals surface area contributed by atoms with E-state index in [0.29, 0.717) is 24.5 Å². The number of nitrogens with zero attached hydrogens (tertiary/aromatic N) is 7. The van der Waals surface area contributed by atoms with Crippen LogP contribution in [0.5, 0.6) is 0 Å². The molecule has 3 rings (SSSR count). The number of amides is 1. The molecule has 0 bridgehead atoms. The summed E-state index contributed by atoms with van der Waals surface area (Å²) in [5, 5.41) is 13.6. The molecule has 1 atom stereocenters. The molecule has 1 aliphatic rings. The topological polar surface area (TPSA) is 79.5 Å². The van der Waals surface area contributed by atoms with Gasteiger partial charge in [0, 0.05) is 29.9 Å². The maximum Gasteiger partial charge on any atom is 0.233 e. The highest BCUT2D eigenvalue weighted by Gasteiger charge is 2.24. The average molecular weight is 546 g/mol. The summed E-state index contributed by atoms with van der Waals surface area (Å²) in [6.07, 6.45) is 6.09. The number of hydrogen-bond acceptors (Lipinski definition) is 6. The van der Waals surface area contributed by atoms with E-state index in [0.717, 1.165) is 42.2 Å². The van der Waals surface area contributed by atoms with Gasteiger partial charge in [0.15, 0.2) is 0 Å². The number of aryl methyl sites for hydroxylation is 1. The van der Waals surface area contributed by atoms with Crippen LogP contribution in [0.1, 0.15) is 36.5 Å². The lowest BCUT2D eigenvalue weighted by atomic mass is 10.1. The zero-order chi connectivity index (χ0) is 20.8. The maximum atomic E-state index is 11.0. The molecule has 0 spiro atoms. The summed E-state index contributed by atoms with van der Waals surface area (Å²) in [6, 6.07) is 4.05. The third-order valence-corrected chi connectivity index (χ3v) is 6.77. The predicted molar refractivity (Wildman–Crippen MR) is 124 cm³/mol. The van der Waals surface area contributed by atoms with Crippen molar-refractivity contribution < 1.29 is 4.79 Å². The van der Waals surface area contributed by atoms with Gasteiger partial charge in [-0.1, -0.05) is 29.8 Å². The van der Waals surface area contributed by atoms with Crippen molar-refractivity contribution in [2.75, 3.05) is 6.54 Å². The Balaban J connectivity index is 1.78. The first kappa shape index (κ1) is 22.1. The Morgan fingerprint density at radius 2 is 2.34 bits per heavy atom. The van der Waals surface area contributed by atoms with Crippen LogP contribution in [0.3, 0.4) is 0 Å². The minimum Gasteiger partial charge on any atom is -0.363 e. The summed E-state index contributed by atoms with van der Waals surface area (Å²) in [7, 11) is 0. The second kappa shape index (κ2) is 10.4. The van der Waals surface area contributed by atoms with Crippen molar-refractivity contribution in [2.45, 2.75) is 39.8 Å². The number of fused-ring (bicyclic) bond motifs is 1. The van der Waals surface area contributed by atoms with Gasteiger partial charge in [-0.05, 0) is 47.0 Å². The SMILES string of the molecule is CCc1ncccc1Cn1nnc2c1CCN(C(/C=N\N(C=O)PI)=C(/C)Cl)C2. The van der Waals surface area contributed by atoms with Gasteiger partial charge in [-0.2, -0.15) is 5.10 Å². The monoisotopic (exact) mass is 545 g/mol. The van der Waals surface area contributed by atoms with Gasteiger partial charge in [0.1, 0.15) is 5.69 Å². The molecule has 11 heteroatoms. The number of rotatable bonds is 8. The van der Waals surface area contributed by atoms with E-state index in [-0.39, 0.29) is 6.37 Å². The maximum absolute atomic E-state index is 11.0. The summed E-state index contributed by atoms with van der Waals surface area (Å²) < 4.78 is 3.31. The summed E-state index contributed by atoms with van der Waals surface area (Å²) >= 11 is 8.42. The molecule has 0 radical (unpaired) electrons. The molecule has 2 aromatic rings. The van der Waals surface area contributed by atoms with E-state index in [9.17, 15) is 4.79 Å². The number of aromatic nitrogens is 4. The molecular weight excluding hydrogens is 524 g/mol. The van der Waals surface area contributed by atoms with Gasteiger partial charge >= 0.3 is 0 Å². The Morgan fingerprint density at radius 1 is 1.52 bits per heavy atom. The van der Waals surface area contributed by atoms with Crippen molar-refractivity contribution in [3.63, 3.8) is 0 Å². The van der Waals surface area contributed by atoms with Crippen molar-refractivity contribution in [3.8, 4) is 0 Å². The van der Waals surface area contributed by atoms with Gasteiger partial charge in [0.25, 0.3) is 0 Å². The number of pyridine rings is 1. The summed E-state index contributed by atoms with van der Waals surface area (Å²) in [6.45, 7) is 5.97. The van der Waals surface area contributed by atoms with E-state index >= 15 is 0 Å². The largest absolute Gasteiger partial charge is 0.363 e. The third kappa shape index (κ3) is 5.32. The number of hydrazone groups is 1. The Labute approximate surface area is 189 Å². The Morgan fingerprint density at radius 3 is 3.03 bits per heavy atom. The van der Waals surface area contributed by atoms with Gasteiger partial charge in [-0.25, -0.2) is 9.46 Å². The number of hydrogen-bond donors (Lipinski definition) is 0. The molecule has 1 amide bonds. The van der Waals surface area contributed by atoms with Crippen molar-refractivity contribution in [1.29, 1.82) is 0 Å². The van der Waals surface area contributed by atoms with Gasteiger partial charge in [0.2, 0.25) is 6.41 Å². The molecule has 2 aromatic heterocycles. The Hall–Kier alpha value is -1.58. The van der Waals surface area contributed by atoms with Gasteiger partial charge in [-0.15, -0.1) is 5.10 Å². The van der Waals surface area contributed by atoms with Gasteiger partial charge < -0.3 is 4.90 Å². The van der Waals surface area contributed by atoms with E-state index in [1.807, 2.05) is 23.9 Å². The third-order valence-electron chi connectivity index (χ3n) is 4.70. The fourth-order valence-corrected chi connectivity index (χ4v) is 4.29. The van der Waals surface area contributed by atoms with Crippen LogP contribution < -0.4 is 0 Å². The van der Waals surface area contributed by atoms with Crippen LogP contribution in [-0.2, 0) is 30.7 Å². The highest BCUT2D eigenvalue weighted by atomic mass is 127. The van der Waals surface area contributed by atoms with Crippen LogP contribution in [0.15, 0.2) is 34.2 Å². The van der Waals surface area contributed by atoms with Crippen LogP contribution >= 0.6 is 40.0 Å². The Kier molecular flexibility index (Phi) is 7.97. The first-order valence-electron chi connectivity index (χ1n) is 9.17. The second-order valence-electron chi connectivity index (χ2n) is 6.47. The summed E-state index contributed by atoms with van der Waals surface area (Å²) in [4.78, 5) is 17.6. The van der Waals surface area contributed by atoms with Crippen LogP contribution in [0, 0.1) is 0 Å². The molecule has 3 heterocycles. The van der Waals surface area contributed by atoms with E-state index < -0.39 is 0 Å². The highest BCUT2D eigenvalue weighted by Crippen LogP contribution is 2.26. The number of allylic oxidation sites excluding steroid dienone is 2. The molecule has 0 aliphatic carbocycles. The van der Waals surface area contributed by atoms with Crippen molar-refractivity contribution >= 4 is 52.6 Å². The number of carbonyl (C=O) groups is 1. The molecule has 0 saturated carbocycles. The van der Waals surface area contributed by atoms with E-state index in [2.05, 4.69) is 60.3 Å². The molecular formula is C18H22ClIN7OP. The van der Waals surface area contributed by atoms with Crippen molar-refractivity contribution in [3.05, 3.63) is 51.7 Å². The summed E-state index contributed by atoms with van der Waals surface area (Å²) in [5.74, 6) is 0. The second-order valence-corrected chi connectivity index (χ2v) is 9.11. The quantitative estimate of drug-likeness (QED) is 0.167. The minimum absolute atomic E-state index is 0.232. The van der Waals surface area contributed by atoms with Gasteiger partial charge in [-0.3, -0.25) is 9.78 Å². The fourth-order valence-electron chi connectivity index (χ4n) is 3.27. The molecule has 1 aliphatic heterocycles. The molecule has 0 saturated heterocycles. The van der Waals surface area contributed by atoms with Crippen molar-refractivity contribution in [2.24, 2.45) is 5.10 Å². The molecule has 8 nitrogen and oxygen atoms in total. The minimum atomic E-state index is 0.232. The molecule has 0 N–H and O–H groups in total. The standard InChI is InChI=1S/C18H22ClIN7OP/c1-3-15-14(5-4-7-21-15)10-26-17-6-8-25(11-16(17)23-24-26)18(13(2)19)9-22-27(12-28)29-20/h4-5,7,9,12,29H,3,6,8,10-11H2,1-2H3/b18-13-,22-9-. The lowest BCUT2D eigenvalue weighted by Crippen LogP contribution is -2.32. The van der Waals surface area contributed by atoms with E-state index in [1.165, 1.54) is 10.3 Å².